The van der Waals surface area contributed by atoms with Crippen LogP contribution in [0.4, 0.5) is 5.69 Å². The minimum absolute atomic E-state index is 0.453. The van der Waals surface area contributed by atoms with Crippen LogP contribution in [0.2, 0.25) is 0 Å². The molecule has 0 aliphatic carbocycles. The minimum atomic E-state index is 0.453. The van der Waals surface area contributed by atoms with Crippen molar-refractivity contribution in [1.82, 2.24) is 9.78 Å². The molecule has 0 bridgehead atoms. The highest BCUT2D eigenvalue weighted by molar-refractivity contribution is 5.52. The van der Waals surface area contributed by atoms with Gasteiger partial charge in [0.2, 0.25) is 0 Å². The molecule has 1 N–H and O–H groups in total. The number of rotatable bonds is 4. The fraction of sp³-hybridized carbons (Fsp3) is 0.308. The van der Waals surface area contributed by atoms with E-state index in [1.807, 2.05) is 16.9 Å². The summed E-state index contributed by atoms with van der Waals surface area (Å²) in [5.74, 6) is 0. The number of hydrogen-bond acceptors (Lipinski definition) is 3. The predicted octanol–water partition coefficient (Wildman–Crippen LogP) is 1.74. The lowest BCUT2D eigenvalue weighted by Gasteiger charge is -2.28. The van der Waals surface area contributed by atoms with Crippen LogP contribution in [0.5, 0.6) is 0 Å². The summed E-state index contributed by atoms with van der Waals surface area (Å²) < 4.78 is 7.10. The summed E-state index contributed by atoms with van der Waals surface area (Å²) in [6.07, 6.45) is 3.78. The first kappa shape index (κ1) is 10.4. The molecule has 2 heterocycles. The molecule has 1 fully saturated rings. The van der Waals surface area contributed by atoms with Crippen molar-refractivity contribution < 1.29 is 4.74 Å². The molecule has 1 aromatic carbocycles. The molecule has 4 nitrogen and oxygen atoms in total. The van der Waals surface area contributed by atoms with Crippen LogP contribution in [0.15, 0.2) is 42.7 Å². The van der Waals surface area contributed by atoms with Gasteiger partial charge in [-0.3, -0.25) is 4.68 Å². The summed E-state index contributed by atoms with van der Waals surface area (Å²) in [4.78, 5) is 0. The van der Waals surface area contributed by atoms with Gasteiger partial charge < -0.3 is 10.1 Å². The first-order valence-corrected chi connectivity index (χ1v) is 5.81. The van der Waals surface area contributed by atoms with Gasteiger partial charge in [0.15, 0.2) is 0 Å². The lowest BCUT2D eigenvalue weighted by Crippen LogP contribution is -2.40. The van der Waals surface area contributed by atoms with Crippen LogP contribution >= 0.6 is 0 Å². The van der Waals surface area contributed by atoms with Crippen molar-refractivity contribution in [3.63, 3.8) is 0 Å². The number of hydrogen-bond donors (Lipinski definition) is 1. The van der Waals surface area contributed by atoms with Crippen LogP contribution in [0.1, 0.15) is 5.56 Å². The second-order valence-electron chi connectivity index (χ2n) is 4.24. The van der Waals surface area contributed by atoms with Crippen LogP contribution in [0.3, 0.4) is 0 Å². The van der Waals surface area contributed by atoms with Crippen LogP contribution < -0.4 is 5.32 Å². The van der Waals surface area contributed by atoms with E-state index < -0.39 is 0 Å². The van der Waals surface area contributed by atoms with Gasteiger partial charge in [0.25, 0.3) is 0 Å². The van der Waals surface area contributed by atoms with E-state index in [-0.39, 0.29) is 0 Å². The smallest absolute Gasteiger partial charge is 0.0728 e. The second kappa shape index (κ2) is 4.59. The zero-order valence-electron chi connectivity index (χ0n) is 9.54. The number of aromatic nitrogens is 2. The van der Waals surface area contributed by atoms with E-state index >= 15 is 0 Å². The van der Waals surface area contributed by atoms with Crippen molar-refractivity contribution in [1.29, 1.82) is 0 Å². The summed E-state index contributed by atoms with van der Waals surface area (Å²) in [5, 5.41) is 7.72. The van der Waals surface area contributed by atoms with Gasteiger partial charge in [0.05, 0.1) is 25.8 Å². The van der Waals surface area contributed by atoms with Crippen LogP contribution in [-0.4, -0.2) is 29.0 Å². The van der Waals surface area contributed by atoms with Crippen molar-refractivity contribution in [2.75, 3.05) is 18.5 Å². The van der Waals surface area contributed by atoms with Crippen LogP contribution in [0.25, 0.3) is 0 Å². The molecule has 1 aliphatic heterocycles. The molecular weight excluding hydrogens is 214 g/mol. The molecule has 0 radical (unpaired) electrons. The topological polar surface area (TPSA) is 39.1 Å². The summed E-state index contributed by atoms with van der Waals surface area (Å²) in [6, 6.07) is 10.7. The first-order chi connectivity index (χ1) is 8.42. The van der Waals surface area contributed by atoms with E-state index in [2.05, 4.69) is 34.7 Å². The molecule has 1 saturated heterocycles. The van der Waals surface area contributed by atoms with E-state index in [1.165, 1.54) is 11.3 Å². The summed E-state index contributed by atoms with van der Waals surface area (Å²) >= 11 is 0. The molecule has 4 heteroatoms. The maximum atomic E-state index is 5.17. The molecule has 0 amide bonds. The zero-order valence-corrected chi connectivity index (χ0v) is 9.54. The molecule has 3 rings (SSSR count). The maximum absolute atomic E-state index is 5.17. The third-order valence-corrected chi connectivity index (χ3v) is 2.91. The lowest BCUT2D eigenvalue weighted by atomic mass is 10.1. The van der Waals surface area contributed by atoms with Gasteiger partial charge in [-0.25, -0.2) is 0 Å². The number of nitrogens with zero attached hydrogens (tertiary/aromatic N) is 2. The van der Waals surface area contributed by atoms with Crippen molar-refractivity contribution in [2.24, 2.45) is 0 Å². The van der Waals surface area contributed by atoms with Crippen molar-refractivity contribution in [3.05, 3.63) is 48.3 Å². The molecule has 88 valence electrons. The van der Waals surface area contributed by atoms with Gasteiger partial charge >= 0.3 is 0 Å². The van der Waals surface area contributed by atoms with Gasteiger partial charge in [0.1, 0.15) is 0 Å². The Labute approximate surface area is 100 Å². The molecule has 0 unspecified atom stereocenters. The minimum Gasteiger partial charge on any atom is -0.377 e. The lowest BCUT2D eigenvalue weighted by molar-refractivity contribution is 0.0211. The zero-order chi connectivity index (χ0) is 11.5. The molecule has 17 heavy (non-hydrogen) atoms. The third-order valence-electron chi connectivity index (χ3n) is 2.91. The van der Waals surface area contributed by atoms with Gasteiger partial charge in [-0.15, -0.1) is 0 Å². The number of anilines is 1. The predicted molar refractivity (Wildman–Crippen MR) is 66.0 cm³/mol. The highest BCUT2D eigenvalue weighted by Gasteiger charge is 2.18. The third kappa shape index (κ3) is 2.31. The Morgan fingerprint density at radius 1 is 1.29 bits per heavy atom. The fourth-order valence-corrected chi connectivity index (χ4v) is 1.91. The van der Waals surface area contributed by atoms with E-state index in [1.54, 1.807) is 6.20 Å². The molecule has 1 aliphatic rings. The van der Waals surface area contributed by atoms with Gasteiger partial charge in [-0.1, -0.05) is 18.2 Å². The van der Waals surface area contributed by atoms with Crippen LogP contribution in [0, 0.1) is 0 Å². The standard InChI is InChI=1S/C13H15N3O/c1-2-5-13(15-12-9-17-10-12)11(4-1)8-16-7-3-6-14-16/h1-7,12,15H,8-10H2. The monoisotopic (exact) mass is 229 g/mol. The van der Waals surface area contributed by atoms with Crippen molar-refractivity contribution >= 4 is 5.69 Å². The van der Waals surface area contributed by atoms with Gasteiger partial charge in [-0.05, 0) is 17.7 Å². The fourth-order valence-electron chi connectivity index (χ4n) is 1.91. The Morgan fingerprint density at radius 3 is 2.88 bits per heavy atom. The van der Waals surface area contributed by atoms with E-state index in [0.717, 1.165) is 19.8 Å². The highest BCUT2D eigenvalue weighted by atomic mass is 16.5. The average molecular weight is 229 g/mol. The quantitative estimate of drug-likeness (QED) is 0.868. The largest absolute Gasteiger partial charge is 0.377 e. The van der Waals surface area contributed by atoms with Crippen molar-refractivity contribution in [3.8, 4) is 0 Å². The van der Waals surface area contributed by atoms with Crippen LogP contribution in [-0.2, 0) is 11.3 Å². The normalized spacial score (nSPS) is 15.5. The van der Waals surface area contributed by atoms with Crippen molar-refractivity contribution in [2.45, 2.75) is 12.6 Å². The Morgan fingerprint density at radius 2 is 2.18 bits per heavy atom. The number of benzene rings is 1. The average Bonchev–Trinajstić information content (AvgIpc) is 2.78. The van der Waals surface area contributed by atoms with Gasteiger partial charge in [-0.2, -0.15) is 5.10 Å². The number of para-hydroxylation sites is 1. The first-order valence-electron chi connectivity index (χ1n) is 5.81. The molecule has 0 atom stereocenters. The highest BCUT2D eigenvalue weighted by Crippen LogP contribution is 2.19. The van der Waals surface area contributed by atoms with Gasteiger partial charge in [0, 0.05) is 18.1 Å². The summed E-state index contributed by atoms with van der Waals surface area (Å²) in [7, 11) is 0. The molecule has 2 aromatic rings. The maximum Gasteiger partial charge on any atom is 0.0728 e. The summed E-state index contributed by atoms with van der Waals surface area (Å²) in [5.41, 5.74) is 2.43. The number of nitrogens with one attached hydrogen (secondary N) is 1. The SMILES string of the molecule is c1ccc(NC2COC2)c(Cn2cccn2)c1. The molecule has 0 saturated carbocycles. The molecule has 1 aromatic heterocycles. The second-order valence-corrected chi connectivity index (χ2v) is 4.24. The van der Waals surface area contributed by atoms with E-state index in [4.69, 9.17) is 4.74 Å². The van der Waals surface area contributed by atoms with E-state index in [0.29, 0.717) is 6.04 Å². The molecular formula is C13H15N3O. The Kier molecular flexibility index (Phi) is 2.80. The molecule has 0 spiro atoms. The Balaban J connectivity index is 1.77. The Bertz CT molecular complexity index is 477. The summed E-state index contributed by atoms with van der Waals surface area (Å²) in [6.45, 7) is 2.40. The number of ether oxygens (including phenoxy) is 1. The Hall–Kier alpha value is -1.81. The van der Waals surface area contributed by atoms with E-state index in [9.17, 15) is 0 Å².